The van der Waals surface area contributed by atoms with Crippen molar-refractivity contribution in [3.05, 3.63) is 192 Å². The lowest BCUT2D eigenvalue weighted by Gasteiger charge is -2.26. The van der Waals surface area contributed by atoms with Gasteiger partial charge in [0.05, 0.1) is 5.57 Å². The average Bonchev–Trinajstić information content (AvgIpc) is 3.38. The second kappa shape index (κ2) is 11.6. The van der Waals surface area contributed by atoms with Gasteiger partial charge in [-0.3, -0.25) is 9.59 Å². The third-order valence-electron chi connectivity index (χ3n) is 9.48. The summed E-state index contributed by atoms with van der Waals surface area (Å²) in [6, 6.07) is 57.9. The van der Waals surface area contributed by atoms with Crippen molar-refractivity contribution in [2.24, 2.45) is 0 Å². The zero-order valence-corrected chi connectivity index (χ0v) is 26.5. The average molecular weight is 628 g/mol. The molecule has 0 aliphatic heterocycles. The fourth-order valence-electron chi connectivity index (χ4n) is 7.00. The topological polar surface area (TPSA) is 37.4 Å². The van der Waals surface area contributed by atoms with Gasteiger partial charge in [0.1, 0.15) is 0 Å². The monoisotopic (exact) mass is 627 g/mol. The van der Waals surface area contributed by atoms with Gasteiger partial charge in [-0.05, 0) is 116 Å². The summed E-state index contributed by atoms with van der Waals surface area (Å²) in [7, 11) is 0. The number of carbonyl (C=O) groups excluding carboxylic acids is 2. The number of hydrogen-bond acceptors (Lipinski definition) is 3. The molecule has 3 heteroatoms. The van der Waals surface area contributed by atoms with Crippen LogP contribution >= 0.6 is 0 Å². The lowest BCUT2D eigenvalue weighted by Crippen LogP contribution is -2.09. The molecule has 0 aromatic heterocycles. The molecule has 0 N–H and O–H groups in total. The molecule has 3 nitrogen and oxygen atoms in total. The van der Waals surface area contributed by atoms with Crippen LogP contribution < -0.4 is 4.90 Å². The van der Waals surface area contributed by atoms with E-state index in [9.17, 15) is 9.59 Å². The van der Waals surface area contributed by atoms with Crippen molar-refractivity contribution in [1.29, 1.82) is 0 Å². The van der Waals surface area contributed by atoms with Crippen molar-refractivity contribution in [3.8, 4) is 11.1 Å². The highest BCUT2D eigenvalue weighted by Gasteiger charge is 2.33. The van der Waals surface area contributed by atoms with Gasteiger partial charge < -0.3 is 4.90 Å². The molecule has 0 bridgehead atoms. The Labute approximate surface area is 284 Å². The van der Waals surface area contributed by atoms with Crippen molar-refractivity contribution < 1.29 is 9.59 Å². The van der Waals surface area contributed by atoms with E-state index in [0.717, 1.165) is 55.3 Å². The molecule has 0 amide bonds. The Balaban J connectivity index is 1.06. The summed E-state index contributed by atoms with van der Waals surface area (Å²) in [4.78, 5) is 29.5. The molecular weight excluding hydrogens is 599 g/mol. The summed E-state index contributed by atoms with van der Waals surface area (Å²) in [6.45, 7) is 0. The quantitative estimate of drug-likeness (QED) is 0.141. The normalized spacial score (nSPS) is 13.4. The summed E-state index contributed by atoms with van der Waals surface area (Å²) in [5.41, 5.74) is 7.32. The number of anilines is 3. The predicted octanol–water partition coefficient (Wildman–Crippen LogP) is 11.7. The zero-order valence-electron chi connectivity index (χ0n) is 26.5. The van der Waals surface area contributed by atoms with Crippen LogP contribution in [-0.4, -0.2) is 11.6 Å². The van der Waals surface area contributed by atoms with E-state index in [4.69, 9.17) is 0 Å². The van der Waals surface area contributed by atoms with Gasteiger partial charge in [0.25, 0.3) is 0 Å². The molecule has 0 radical (unpaired) electrons. The Morgan fingerprint density at radius 3 is 1.63 bits per heavy atom. The van der Waals surface area contributed by atoms with Crippen molar-refractivity contribution in [2.45, 2.75) is 0 Å². The van der Waals surface area contributed by atoms with Crippen molar-refractivity contribution in [3.63, 3.8) is 0 Å². The highest BCUT2D eigenvalue weighted by Crippen LogP contribution is 2.38. The summed E-state index contributed by atoms with van der Waals surface area (Å²) >= 11 is 0. The molecule has 0 heterocycles. The first-order valence-corrected chi connectivity index (χ1v) is 16.4. The van der Waals surface area contributed by atoms with E-state index < -0.39 is 0 Å². The van der Waals surface area contributed by atoms with Crippen LogP contribution in [0.3, 0.4) is 0 Å². The Morgan fingerprint density at radius 2 is 0.898 bits per heavy atom. The minimum absolute atomic E-state index is 0.205. The first-order chi connectivity index (χ1) is 24.1. The number of hydrogen-bond donors (Lipinski definition) is 0. The fourth-order valence-corrected chi connectivity index (χ4v) is 7.00. The summed E-state index contributed by atoms with van der Waals surface area (Å²) in [6.07, 6.45) is 1.74. The second-order valence-corrected chi connectivity index (χ2v) is 12.5. The van der Waals surface area contributed by atoms with Crippen LogP contribution in [-0.2, 0) is 0 Å². The molecule has 49 heavy (non-hydrogen) atoms. The molecule has 9 rings (SSSR count). The number of Topliss-reactive ketones (excluding diaryl/α,β-unsaturated/α-hetero) is 2. The lowest BCUT2D eigenvalue weighted by atomic mass is 9.98. The SMILES string of the molecule is O=C1C(=Cc2ccc3cc(N(c4ccccc4)c4ccc5ccccc5c4)ccc3c2)C(=O)c2cc3cc(-c4ccccc4)ccc3cc21. The number of nitrogens with zero attached hydrogens (tertiary/aromatic N) is 1. The standard InChI is InChI=1S/C46H29NO2/c48-45-42-28-37-18-17-35(31-9-3-1-4-10-31)25-38(37)29-43(42)46(49)44(45)24-30-15-16-36-27-41(22-20-34(36)23-30)47(39-13-5-2-6-14-39)40-21-19-32-11-7-8-12-33(32)26-40/h1-29H. The minimum atomic E-state index is -0.226. The number of ketones is 2. The minimum Gasteiger partial charge on any atom is -0.310 e. The van der Waals surface area contributed by atoms with Crippen LogP contribution in [0.15, 0.2) is 175 Å². The molecule has 0 saturated carbocycles. The van der Waals surface area contributed by atoms with Crippen LogP contribution in [0.5, 0.6) is 0 Å². The van der Waals surface area contributed by atoms with Gasteiger partial charge in [-0.1, -0.05) is 109 Å². The Bertz CT molecular complexity index is 2640. The van der Waals surface area contributed by atoms with E-state index in [0.29, 0.717) is 11.1 Å². The number of para-hydroxylation sites is 1. The van der Waals surface area contributed by atoms with E-state index in [1.807, 2.05) is 54.6 Å². The maximum atomic E-state index is 13.6. The molecule has 8 aromatic rings. The highest BCUT2D eigenvalue weighted by molar-refractivity contribution is 6.42. The van der Waals surface area contributed by atoms with Crippen LogP contribution in [0.2, 0.25) is 0 Å². The van der Waals surface area contributed by atoms with E-state index in [1.54, 1.807) is 6.08 Å². The zero-order chi connectivity index (χ0) is 32.9. The molecule has 230 valence electrons. The number of benzene rings is 8. The first-order valence-electron chi connectivity index (χ1n) is 16.4. The molecule has 0 unspecified atom stereocenters. The number of carbonyl (C=O) groups is 2. The van der Waals surface area contributed by atoms with Crippen LogP contribution in [0.1, 0.15) is 26.3 Å². The molecular formula is C46H29NO2. The largest absolute Gasteiger partial charge is 0.310 e. The Hall–Kier alpha value is -6.58. The maximum Gasteiger partial charge on any atom is 0.197 e. The highest BCUT2D eigenvalue weighted by atomic mass is 16.2. The van der Waals surface area contributed by atoms with E-state index in [2.05, 4.69) is 120 Å². The van der Waals surface area contributed by atoms with Gasteiger partial charge in [0.15, 0.2) is 11.6 Å². The first kappa shape index (κ1) is 28.6. The lowest BCUT2D eigenvalue weighted by molar-refractivity contribution is 0.0990. The van der Waals surface area contributed by atoms with Gasteiger partial charge in [0, 0.05) is 28.2 Å². The van der Waals surface area contributed by atoms with Crippen molar-refractivity contribution >= 4 is 67.0 Å². The summed E-state index contributed by atoms with van der Waals surface area (Å²) < 4.78 is 0. The molecule has 0 saturated heterocycles. The van der Waals surface area contributed by atoms with E-state index >= 15 is 0 Å². The van der Waals surface area contributed by atoms with Crippen molar-refractivity contribution in [2.75, 3.05) is 4.90 Å². The van der Waals surface area contributed by atoms with E-state index in [-0.39, 0.29) is 17.1 Å². The van der Waals surface area contributed by atoms with Gasteiger partial charge >= 0.3 is 0 Å². The van der Waals surface area contributed by atoms with Gasteiger partial charge in [0.2, 0.25) is 0 Å². The Morgan fingerprint density at radius 1 is 0.367 bits per heavy atom. The Kier molecular flexibility index (Phi) is 6.77. The van der Waals surface area contributed by atoms with Gasteiger partial charge in [-0.15, -0.1) is 0 Å². The second-order valence-electron chi connectivity index (χ2n) is 12.5. The predicted molar refractivity (Wildman–Crippen MR) is 202 cm³/mol. The fraction of sp³-hybridized carbons (Fsp3) is 0. The third-order valence-corrected chi connectivity index (χ3v) is 9.48. The van der Waals surface area contributed by atoms with Crippen LogP contribution in [0, 0.1) is 0 Å². The van der Waals surface area contributed by atoms with Gasteiger partial charge in [-0.25, -0.2) is 0 Å². The summed E-state index contributed by atoms with van der Waals surface area (Å²) in [5.74, 6) is -0.449. The molecule has 0 fully saturated rings. The van der Waals surface area contributed by atoms with Crippen molar-refractivity contribution in [1.82, 2.24) is 0 Å². The smallest absolute Gasteiger partial charge is 0.197 e. The maximum absolute atomic E-state index is 13.6. The number of fused-ring (bicyclic) bond motifs is 4. The summed E-state index contributed by atoms with van der Waals surface area (Å²) in [5, 5.41) is 6.36. The molecule has 0 atom stereocenters. The molecule has 1 aliphatic rings. The third kappa shape index (κ3) is 5.09. The number of allylic oxidation sites excluding steroid dienone is 1. The van der Waals surface area contributed by atoms with Gasteiger partial charge in [-0.2, -0.15) is 0 Å². The van der Waals surface area contributed by atoms with Crippen LogP contribution in [0.4, 0.5) is 17.1 Å². The molecule has 8 aromatic carbocycles. The molecule has 1 aliphatic carbocycles. The van der Waals surface area contributed by atoms with E-state index in [1.165, 1.54) is 10.8 Å². The van der Waals surface area contributed by atoms with Crippen LogP contribution in [0.25, 0.3) is 49.5 Å². The number of rotatable bonds is 5. The molecule has 0 spiro atoms.